The second-order valence-corrected chi connectivity index (χ2v) is 18.0. The molecule has 3 atom stereocenters. The zero-order chi connectivity index (χ0) is 40.6. The molecule has 2 saturated heterocycles. The predicted molar refractivity (Wildman–Crippen MR) is 245 cm³/mol. The number of carboxylic acid groups (broad SMARTS) is 1. The first-order valence-electron chi connectivity index (χ1n) is 19.5. The number of hydrogen-bond donors (Lipinski definition) is 3. The maximum Gasteiger partial charge on any atom is 0.316 e. The van der Waals surface area contributed by atoms with Crippen molar-refractivity contribution in [3.8, 4) is 0 Å². The summed E-state index contributed by atoms with van der Waals surface area (Å²) in [5.41, 5.74) is 1.54. The molecule has 0 radical (unpaired) electrons. The number of allylic oxidation sites excluding steroid dienone is 1. The van der Waals surface area contributed by atoms with Crippen molar-refractivity contribution in [2.45, 2.75) is 48.7 Å². The number of aromatic nitrogens is 2. The van der Waals surface area contributed by atoms with E-state index in [1.54, 1.807) is 17.8 Å². The van der Waals surface area contributed by atoms with Crippen LogP contribution in [0.25, 0.3) is 0 Å². The minimum Gasteiger partial charge on any atom is -0.481 e. The molecule has 1 unspecified atom stereocenters. The van der Waals surface area contributed by atoms with Crippen LogP contribution in [0.4, 0.5) is 5.13 Å². The second kappa shape index (κ2) is 17.6. The molecule has 1 aromatic heterocycles. The van der Waals surface area contributed by atoms with Crippen molar-refractivity contribution < 1.29 is 24.3 Å². The Morgan fingerprint density at radius 3 is 2.23 bits per heavy atom. The average molecular weight is 975 g/mol. The average Bonchev–Trinajstić information content (AvgIpc) is 4.10. The lowest BCUT2D eigenvalue weighted by molar-refractivity contribution is -0.156. The molecule has 310 valence electrons. The van der Waals surface area contributed by atoms with Gasteiger partial charge in [0, 0.05) is 48.2 Å². The second-order valence-electron chi connectivity index (χ2n) is 15.2. The van der Waals surface area contributed by atoms with Gasteiger partial charge in [-0.15, -0.1) is 35.7 Å². The molecular formula is C43H43IN8O5S3. The van der Waals surface area contributed by atoms with Crippen molar-refractivity contribution in [1.29, 1.82) is 0 Å². The smallest absolute Gasteiger partial charge is 0.316 e. The zero-order valence-corrected chi connectivity index (χ0v) is 37.3. The summed E-state index contributed by atoms with van der Waals surface area (Å²) in [4.78, 5) is 57.2. The Balaban J connectivity index is 0.00000499. The molecule has 9 rings (SSSR count). The molecule has 0 spiro atoms. The molecular weight excluding hydrogens is 932 g/mol. The van der Waals surface area contributed by atoms with Crippen molar-refractivity contribution in [1.82, 2.24) is 29.4 Å². The third-order valence-corrected chi connectivity index (χ3v) is 14.4. The number of aliphatic carboxylic acids is 1. The Labute approximate surface area is 377 Å². The lowest BCUT2D eigenvalue weighted by atomic mass is 9.77. The zero-order valence-electron chi connectivity index (χ0n) is 32.5. The molecule has 3 fully saturated rings. The third kappa shape index (κ3) is 7.91. The minimum absolute atomic E-state index is 0. The molecule has 5 heterocycles. The molecule has 3 aromatic carbocycles. The van der Waals surface area contributed by atoms with Crippen molar-refractivity contribution in [2.75, 3.05) is 31.3 Å². The number of rotatable bonds is 13. The normalized spacial score (nSPS) is 22.7. The van der Waals surface area contributed by atoms with E-state index in [0.717, 1.165) is 64.6 Å². The van der Waals surface area contributed by atoms with Gasteiger partial charge in [-0.1, -0.05) is 114 Å². The van der Waals surface area contributed by atoms with Gasteiger partial charge in [0.1, 0.15) is 28.5 Å². The van der Waals surface area contributed by atoms with Crippen LogP contribution in [0.15, 0.2) is 131 Å². The van der Waals surface area contributed by atoms with Gasteiger partial charge in [0.25, 0.3) is 5.91 Å². The van der Waals surface area contributed by atoms with E-state index in [2.05, 4.69) is 72.6 Å². The van der Waals surface area contributed by atoms with Crippen LogP contribution in [0, 0.1) is 5.41 Å². The topological polar surface area (TPSA) is 153 Å². The molecule has 1 saturated carbocycles. The number of carbonyl (C=O) groups is 3. The fraction of sp³-hybridized carbons (Fsp3) is 0.302. The number of anilines is 1. The highest BCUT2D eigenvalue weighted by Gasteiger charge is 2.57. The number of carboxylic acids is 1. The third-order valence-electron chi connectivity index (χ3n) is 11.3. The van der Waals surface area contributed by atoms with Crippen molar-refractivity contribution in [2.24, 2.45) is 10.6 Å². The number of β-lactam (4-membered cyclic amide) rings is 1. The van der Waals surface area contributed by atoms with Gasteiger partial charge in [0.15, 0.2) is 0 Å². The first kappa shape index (κ1) is 41.9. The Hall–Kier alpha value is -4.85. The number of carbonyl (C=O) groups excluding carboxylic acids is 2. The molecule has 5 aliphatic rings. The number of halogens is 1. The van der Waals surface area contributed by atoms with E-state index in [4.69, 9.17) is 9.82 Å². The quantitative estimate of drug-likeness (QED) is 0.0423. The SMILES string of the molecule is CN1C=C2SC=C(C=CC3(C(=O)O)CS[C@@H]4[C@H](NC(=O)C(=NOC5CCCC5)c5nsc(NC(c6ccccc6)(c6ccccc6)c6ccccc6)n5)C(=O)N4C3)N2C1.I. The van der Waals surface area contributed by atoms with E-state index < -0.39 is 34.2 Å². The summed E-state index contributed by atoms with van der Waals surface area (Å²) in [6.07, 6.45) is 9.11. The Morgan fingerprint density at radius 2 is 1.62 bits per heavy atom. The first-order valence-corrected chi connectivity index (χ1v) is 22.2. The lowest BCUT2D eigenvalue weighted by Crippen LogP contribution is -2.73. The van der Waals surface area contributed by atoms with E-state index in [0.29, 0.717) is 11.8 Å². The summed E-state index contributed by atoms with van der Waals surface area (Å²) < 4.78 is 4.62. The highest BCUT2D eigenvalue weighted by molar-refractivity contribution is 14.0. The molecule has 17 heteroatoms. The van der Waals surface area contributed by atoms with Gasteiger partial charge in [0.05, 0.1) is 11.7 Å². The fourth-order valence-electron chi connectivity index (χ4n) is 8.18. The molecule has 3 N–H and O–H groups in total. The van der Waals surface area contributed by atoms with Crippen molar-refractivity contribution >= 4 is 87.7 Å². The van der Waals surface area contributed by atoms with Gasteiger partial charge in [-0.2, -0.15) is 9.36 Å². The summed E-state index contributed by atoms with van der Waals surface area (Å²) in [5.74, 6) is -1.73. The van der Waals surface area contributed by atoms with Gasteiger partial charge in [-0.3, -0.25) is 14.4 Å². The Morgan fingerprint density at radius 1 is 0.983 bits per heavy atom. The van der Waals surface area contributed by atoms with Crippen LogP contribution < -0.4 is 10.6 Å². The molecule has 4 aromatic rings. The van der Waals surface area contributed by atoms with Crippen LogP contribution in [-0.4, -0.2) is 96.2 Å². The van der Waals surface area contributed by atoms with Gasteiger partial charge in [0.2, 0.25) is 22.6 Å². The first-order chi connectivity index (χ1) is 28.7. The lowest BCUT2D eigenvalue weighted by Gasteiger charge is -2.53. The summed E-state index contributed by atoms with van der Waals surface area (Å²) >= 11 is 4.03. The van der Waals surface area contributed by atoms with Crippen LogP contribution >= 0.6 is 59.0 Å². The monoisotopic (exact) mass is 974 g/mol. The number of hydrogen-bond acceptors (Lipinski definition) is 13. The number of amides is 2. The molecule has 4 aliphatic heterocycles. The summed E-state index contributed by atoms with van der Waals surface area (Å²) in [6, 6.07) is 29.4. The highest BCUT2D eigenvalue weighted by Crippen LogP contribution is 2.45. The van der Waals surface area contributed by atoms with E-state index in [1.807, 2.05) is 73.1 Å². The maximum atomic E-state index is 14.2. The van der Waals surface area contributed by atoms with Gasteiger partial charge < -0.3 is 35.3 Å². The number of thioether (sulfide) groups is 2. The van der Waals surface area contributed by atoms with Crippen LogP contribution in [0.2, 0.25) is 0 Å². The van der Waals surface area contributed by atoms with Crippen LogP contribution in [-0.2, 0) is 24.8 Å². The number of oxime groups is 1. The predicted octanol–water partition coefficient (Wildman–Crippen LogP) is 6.84. The van der Waals surface area contributed by atoms with E-state index in [9.17, 15) is 19.5 Å². The van der Waals surface area contributed by atoms with Crippen molar-refractivity contribution in [3.05, 3.63) is 148 Å². The molecule has 60 heavy (non-hydrogen) atoms. The van der Waals surface area contributed by atoms with Crippen LogP contribution in [0.5, 0.6) is 0 Å². The van der Waals surface area contributed by atoms with Crippen LogP contribution in [0.1, 0.15) is 48.2 Å². The summed E-state index contributed by atoms with van der Waals surface area (Å²) in [7, 11) is 1.99. The number of fused-ring (bicyclic) bond motifs is 2. The van der Waals surface area contributed by atoms with E-state index in [-0.39, 0.29) is 59.8 Å². The molecule has 2 amide bonds. The van der Waals surface area contributed by atoms with Gasteiger partial charge in [-0.05, 0) is 48.4 Å². The Bertz CT molecular complexity index is 2260. The maximum absolute atomic E-state index is 14.2. The van der Waals surface area contributed by atoms with Crippen LogP contribution in [0.3, 0.4) is 0 Å². The highest BCUT2D eigenvalue weighted by atomic mass is 127. The number of benzene rings is 3. The number of nitrogens with one attached hydrogen (secondary N) is 2. The summed E-state index contributed by atoms with van der Waals surface area (Å²) in [6.45, 7) is 0.674. The van der Waals surface area contributed by atoms with E-state index in [1.165, 1.54) is 16.7 Å². The fourth-order valence-corrected chi connectivity index (χ4v) is 11.3. The summed E-state index contributed by atoms with van der Waals surface area (Å²) in [5, 5.41) is 24.5. The Kier molecular flexibility index (Phi) is 12.3. The molecule has 0 bridgehead atoms. The van der Waals surface area contributed by atoms with Crippen molar-refractivity contribution in [3.63, 3.8) is 0 Å². The number of nitrogens with zero attached hydrogens (tertiary/aromatic N) is 6. The minimum atomic E-state index is -1.29. The van der Waals surface area contributed by atoms with E-state index >= 15 is 0 Å². The van der Waals surface area contributed by atoms with Gasteiger partial charge in [-0.25, -0.2) is 0 Å². The standard InChI is InChI=1S/C43H42N8O5S3.HI/c1-49-23-33-51(27-49)31(24-57-33)21-22-42(40(54)55)25-50-38(53)35(39(50)58-26-42)44-37(52)34(47-56-32-19-11-12-20-32)36-45-41(59-48-36)46-43(28-13-5-2-6-14-28,29-15-7-3-8-16-29)30-17-9-4-10-18-30;/h2-10,13-18,21-24,32,35,39H,11-12,19-20,25-27H2,1H3,(H,44,52)(H,54,55)(H,45,46,48);1H/t35-,39-,42?;/m1./s1. The molecule has 13 nitrogen and oxygen atoms in total. The molecule has 1 aliphatic carbocycles. The van der Waals surface area contributed by atoms with Gasteiger partial charge >= 0.3 is 5.97 Å². The largest absolute Gasteiger partial charge is 0.481 e.